The molecule has 0 aliphatic heterocycles. The number of fused-ring (bicyclic) bond motifs is 1. The van der Waals surface area contributed by atoms with E-state index >= 15 is 0 Å². The number of nitrogens with two attached hydrogens (primary N) is 1. The van der Waals surface area contributed by atoms with Crippen molar-refractivity contribution in [3.05, 3.63) is 81.5 Å². The third-order valence-electron chi connectivity index (χ3n) is 5.73. The molecule has 5 rings (SSSR count). The van der Waals surface area contributed by atoms with Gasteiger partial charge in [-0.2, -0.15) is 5.10 Å². The number of anilines is 1. The molecule has 0 fully saturated rings. The van der Waals surface area contributed by atoms with Gasteiger partial charge in [0.25, 0.3) is 18.2 Å². The summed E-state index contributed by atoms with van der Waals surface area (Å²) in [5.41, 5.74) is 6.59. The number of benzene rings is 1. The minimum Gasteiger partial charge on any atom is -0.486 e. The Kier molecular flexibility index (Phi) is 7.06. The van der Waals surface area contributed by atoms with Gasteiger partial charge in [-0.05, 0) is 48.9 Å². The fourth-order valence-corrected chi connectivity index (χ4v) is 5.26. The predicted octanol–water partition coefficient (Wildman–Crippen LogP) is 6.12. The molecular weight excluding hydrogens is 552 g/mol. The summed E-state index contributed by atoms with van der Waals surface area (Å²) < 4.78 is 40.2. The second-order valence-corrected chi connectivity index (χ2v) is 9.95. The zero-order chi connectivity index (χ0) is 27.8. The van der Waals surface area contributed by atoms with Crippen LogP contribution in [0.15, 0.2) is 53.1 Å². The zero-order valence-electron chi connectivity index (χ0n) is 20.5. The van der Waals surface area contributed by atoms with E-state index in [1.807, 2.05) is 0 Å². The number of ether oxygens (including phenoxy) is 1. The van der Waals surface area contributed by atoms with Crippen LogP contribution < -0.4 is 15.8 Å². The molecule has 39 heavy (non-hydrogen) atoms. The number of alkyl halides is 2. The van der Waals surface area contributed by atoms with Gasteiger partial charge >= 0.3 is 0 Å². The molecule has 0 radical (unpaired) electrons. The summed E-state index contributed by atoms with van der Waals surface area (Å²) in [7, 11) is 1.69. The average Bonchev–Trinajstić information content (AvgIpc) is 3.59. The number of carbonyl (C=O) groups is 2. The van der Waals surface area contributed by atoms with Gasteiger partial charge in [0, 0.05) is 29.2 Å². The van der Waals surface area contributed by atoms with E-state index in [1.165, 1.54) is 16.8 Å². The smallest absolute Gasteiger partial charge is 0.291 e. The van der Waals surface area contributed by atoms with Gasteiger partial charge in [0.2, 0.25) is 0 Å². The first-order valence-electron chi connectivity index (χ1n) is 11.4. The van der Waals surface area contributed by atoms with E-state index in [0.717, 1.165) is 11.3 Å². The van der Waals surface area contributed by atoms with Gasteiger partial charge in [-0.3, -0.25) is 14.3 Å². The number of primary amides is 1. The standard InChI is InChI=1S/C26H20ClF2N5O4S/c1-12-17(10-34(2)33-12)16-9-18(23(28)29)31-26-20(16)21(22(39-26)24(30)35)32-25(36)19-7-6-15(38-19)11-37-14-5-3-4-13(27)8-14/h3-10,23H,11H2,1-2H3,(H2,30,35)(H,32,36). The van der Waals surface area contributed by atoms with Gasteiger partial charge in [0.1, 0.15) is 33.5 Å². The number of thiophene rings is 1. The highest BCUT2D eigenvalue weighted by atomic mass is 35.5. The number of hydrogen-bond donors (Lipinski definition) is 2. The highest BCUT2D eigenvalue weighted by Crippen LogP contribution is 2.43. The zero-order valence-corrected chi connectivity index (χ0v) is 22.1. The molecule has 9 nitrogen and oxygen atoms in total. The third-order valence-corrected chi connectivity index (χ3v) is 7.07. The molecular formula is C26H20ClF2N5O4S. The van der Waals surface area contributed by atoms with E-state index in [9.17, 15) is 18.4 Å². The molecule has 5 aromatic rings. The number of pyridine rings is 1. The molecule has 0 atom stereocenters. The number of amides is 2. The van der Waals surface area contributed by atoms with Gasteiger partial charge < -0.3 is 20.2 Å². The Balaban J connectivity index is 1.51. The number of hydrogen-bond acceptors (Lipinski definition) is 7. The maximum Gasteiger partial charge on any atom is 0.291 e. The number of carbonyl (C=O) groups excluding carboxylic acids is 2. The first-order chi connectivity index (χ1) is 18.6. The highest BCUT2D eigenvalue weighted by Gasteiger charge is 2.27. The van der Waals surface area contributed by atoms with Crippen LogP contribution in [0, 0.1) is 6.92 Å². The molecule has 4 heterocycles. The van der Waals surface area contributed by atoms with Gasteiger partial charge in [-0.25, -0.2) is 13.8 Å². The van der Waals surface area contributed by atoms with E-state index < -0.39 is 23.9 Å². The fourth-order valence-electron chi connectivity index (χ4n) is 4.06. The number of nitrogens with zero attached hydrogens (tertiary/aromatic N) is 3. The lowest BCUT2D eigenvalue weighted by Gasteiger charge is -2.10. The number of rotatable bonds is 8. The Morgan fingerprint density at radius 1 is 1.23 bits per heavy atom. The molecule has 0 bridgehead atoms. The van der Waals surface area contributed by atoms with E-state index in [0.29, 0.717) is 38.7 Å². The molecule has 3 N–H and O–H groups in total. The van der Waals surface area contributed by atoms with Crippen molar-refractivity contribution in [3.8, 4) is 16.9 Å². The minimum atomic E-state index is -2.86. The number of nitrogens with one attached hydrogen (secondary N) is 1. The Bertz CT molecular complexity index is 1730. The van der Waals surface area contributed by atoms with Crippen LogP contribution in [0.2, 0.25) is 5.02 Å². The normalized spacial score (nSPS) is 11.3. The van der Waals surface area contributed by atoms with Crippen LogP contribution in [0.3, 0.4) is 0 Å². The second kappa shape index (κ2) is 10.5. The van der Waals surface area contributed by atoms with Crippen molar-refractivity contribution in [2.24, 2.45) is 12.8 Å². The fraction of sp³-hybridized carbons (Fsp3) is 0.154. The summed E-state index contributed by atoms with van der Waals surface area (Å²) in [6.07, 6.45) is -1.20. The first-order valence-corrected chi connectivity index (χ1v) is 12.6. The summed E-state index contributed by atoms with van der Waals surface area (Å²) >= 11 is 6.78. The summed E-state index contributed by atoms with van der Waals surface area (Å²) in [6, 6.07) is 11.1. The summed E-state index contributed by atoms with van der Waals surface area (Å²) in [6.45, 7) is 1.76. The molecule has 200 valence electrons. The Labute approximate surface area is 229 Å². The molecule has 0 unspecified atom stereocenters. The molecule has 13 heteroatoms. The predicted molar refractivity (Wildman–Crippen MR) is 142 cm³/mol. The van der Waals surface area contributed by atoms with Crippen molar-refractivity contribution in [3.63, 3.8) is 0 Å². The summed E-state index contributed by atoms with van der Waals surface area (Å²) in [5.74, 6) is -0.713. The Hall–Kier alpha value is -4.29. The van der Waals surface area contributed by atoms with Crippen molar-refractivity contribution in [1.29, 1.82) is 0 Å². The quantitative estimate of drug-likeness (QED) is 0.231. The van der Waals surface area contributed by atoms with E-state index in [2.05, 4.69) is 15.4 Å². The maximum absolute atomic E-state index is 13.7. The Morgan fingerprint density at radius 2 is 2.03 bits per heavy atom. The number of halogens is 3. The Morgan fingerprint density at radius 3 is 2.69 bits per heavy atom. The molecule has 4 aromatic heterocycles. The van der Waals surface area contributed by atoms with E-state index in [4.69, 9.17) is 26.5 Å². The molecule has 0 saturated carbocycles. The SMILES string of the molecule is Cc1nn(C)cc1-c1cc(C(F)F)nc2sc(C(N)=O)c(NC(=O)c3ccc(COc4cccc(Cl)c4)o3)c12. The topological polar surface area (TPSA) is 125 Å². The maximum atomic E-state index is 13.7. The van der Waals surface area contributed by atoms with Crippen LogP contribution in [-0.4, -0.2) is 26.6 Å². The highest BCUT2D eigenvalue weighted by molar-refractivity contribution is 7.21. The summed E-state index contributed by atoms with van der Waals surface area (Å²) in [5, 5.41) is 7.77. The van der Waals surface area contributed by atoms with Gasteiger partial charge in [-0.15, -0.1) is 11.3 Å². The molecule has 2 amide bonds. The van der Waals surface area contributed by atoms with Gasteiger partial charge in [-0.1, -0.05) is 17.7 Å². The van der Waals surface area contributed by atoms with Gasteiger partial charge in [0.15, 0.2) is 5.76 Å². The van der Waals surface area contributed by atoms with E-state index in [-0.39, 0.29) is 27.8 Å². The average molecular weight is 572 g/mol. The van der Waals surface area contributed by atoms with Gasteiger partial charge in [0.05, 0.1) is 11.4 Å². The number of aryl methyl sites for hydroxylation is 2. The van der Waals surface area contributed by atoms with Crippen LogP contribution >= 0.6 is 22.9 Å². The van der Waals surface area contributed by atoms with Crippen molar-refractivity contribution in [2.75, 3.05) is 5.32 Å². The van der Waals surface area contributed by atoms with Crippen molar-refractivity contribution in [2.45, 2.75) is 20.0 Å². The van der Waals surface area contributed by atoms with Crippen molar-refractivity contribution < 1.29 is 27.5 Å². The lowest BCUT2D eigenvalue weighted by molar-refractivity contribution is 0.0992. The van der Waals surface area contributed by atoms with Crippen LogP contribution in [0.4, 0.5) is 14.5 Å². The molecule has 0 spiro atoms. The number of furan rings is 1. The van der Waals surface area contributed by atoms with E-state index in [1.54, 1.807) is 50.5 Å². The second-order valence-electron chi connectivity index (χ2n) is 8.51. The molecule has 0 saturated heterocycles. The lowest BCUT2D eigenvalue weighted by atomic mass is 10.0. The lowest BCUT2D eigenvalue weighted by Crippen LogP contribution is -2.16. The van der Waals surface area contributed by atoms with Crippen molar-refractivity contribution >= 4 is 50.7 Å². The van der Waals surface area contributed by atoms with Crippen LogP contribution in [-0.2, 0) is 13.7 Å². The molecule has 0 aliphatic rings. The first kappa shape index (κ1) is 26.3. The van der Waals surface area contributed by atoms with Crippen LogP contribution in [0.25, 0.3) is 21.3 Å². The molecule has 0 aliphatic carbocycles. The van der Waals surface area contributed by atoms with Crippen molar-refractivity contribution in [1.82, 2.24) is 14.8 Å². The number of aromatic nitrogens is 3. The third kappa shape index (κ3) is 5.33. The van der Waals surface area contributed by atoms with Crippen LogP contribution in [0.5, 0.6) is 5.75 Å². The minimum absolute atomic E-state index is 0.0340. The largest absolute Gasteiger partial charge is 0.486 e. The van der Waals surface area contributed by atoms with Crippen LogP contribution in [0.1, 0.15) is 43.8 Å². The molecule has 1 aromatic carbocycles. The monoisotopic (exact) mass is 571 g/mol. The summed E-state index contributed by atoms with van der Waals surface area (Å²) in [4.78, 5) is 29.6.